The van der Waals surface area contributed by atoms with Crippen molar-refractivity contribution in [1.29, 1.82) is 0 Å². The van der Waals surface area contributed by atoms with Crippen LogP contribution in [0.5, 0.6) is 5.75 Å². The molecule has 2 N–H and O–H groups in total. The topological polar surface area (TPSA) is 38.5 Å². The van der Waals surface area contributed by atoms with Gasteiger partial charge >= 0.3 is 0 Å². The molecular weight excluding hydrogens is 248 g/mol. The van der Waals surface area contributed by atoms with Gasteiger partial charge in [-0.2, -0.15) is 0 Å². The van der Waals surface area contributed by atoms with Gasteiger partial charge in [-0.1, -0.05) is 36.4 Å². The molecule has 0 radical (unpaired) electrons. The van der Waals surface area contributed by atoms with Crippen LogP contribution in [0.1, 0.15) is 5.56 Å². The molecule has 0 saturated heterocycles. The highest BCUT2D eigenvalue weighted by Crippen LogP contribution is 2.24. The molecule has 0 saturated carbocycles. The molecule has 0 fully saturated rings. The van der Waals surface area contributed by atoms with Crippen molar-refractivity contribution in [3.05, 3.63) is 54.1 Å². The van der Waals surface area contributed by atoms with E-state index in [1.54, 1.807) is 0 Å². The number of nitrogens with two attached hydrogens (primary N) is 1. The second-order valence-electron chi connectivity index (χ2n) is 5.08. The molecule has 3 heteroatoms. The lowest BCUT2D eigenvalue weighted by Crippen LogP contribution is -2.19. The average Bonchev–Trinajstić information content (AvgIpc) is 2.47. The first-order valence-electron chi connectivity index (χ1n) is 6.86. The Hall–Kier alpha value is -1.84. The predicted octanol–water partition coefficient (Wildman–Crippen LogP) is 2.75. The Kier molecular flexibility index (Phi) is 5.16. The molecule has 0 atom stereocenters. The van der Waals surface area contributed by atoms with E-state index >= 15 is 0 Å². The van der Waals surface area contributed by atoms with Gasteiger partial charge in [0.1, 0.15) is 12.4 Å². The van der Waals surface area contributed by atoms with Gasteiger partial charge < -0.3 is 15.4 Å². The summed E-state index contributed by atoms with van der Waals surface area (Å²) in [5.74, 6) is 0.909. The summed E-state index contributed by atoms with van der Waals surface area (Å²) in [5.41, 5.74) is 9.11. The van der Waals surface area contributed by atoms with Gasteiger partial charge in [0, 0.05) is 13.1 Å². The van der Waals surface area contributed by atoms with E-state index < -0.39 is 0 Å². The second-order valence-corrected chi connectivity index (χ2v) is 5.08. The van der Waals surface area contributed by atoms with Crippen LogP contribution in [0, 0.1) is 0 Å². The van der Waals surface area contributed by atoms with Crippen LogP contribution in [0.15, 0.2) is 48.5 Å². The molecule has 20 heavy (non-hydrogen) atoms. The van der Waals surface area contributed by atoms with Crippen LogP contribution in [0.25, 0.3) is 11.1 Å². The highest BCUT2D eigenvalue weighted by Gasteiger charge is 2.01. The van der Waals surface area contributed by atoms with Gasteiger partial charge in [-0.05, 0) is 42.9 Å². The molecule has 0 amide bonds. The number of hydrogen-bond acceptors (Lipinski definition) is 3. The zero-order valence-electron chi connectivity index (χ0n) is 12.2. The molecular formula is C17H22N2O. The number of nitrogens with zero attached hydrogens (tertiary/aromatic N) is 1. The molecule has 0 aliphatic carbocycles. The van der Waals surface area contributed by atoms with E-state index in [0.717, 1.165) is 23.4 Å². The van der Waals surface area contributed by atoms with E-state index in [1.165, 1.54) is 5.56 Å². The van der Waals surface area contributed by atoms with Crippen LogP contribution in [0.4, 0.5) is 0 Å². The minimum absolute atomic E-state index is 0.577. The summed E-state index contributed by atoms with van der Waals surface area (Å²) < 4.78 is 5.76. The molecule has 106 valence electrons. The molecule has 0 heterocycles. The zero-order valence-corrected chi connectivity index (χ0v) is 12.2. The van der Waals surface area contributed by atoms with Gasteiger partial charge in [-0.15, -0.1) is 0 Å². The Bertz CT molecular complexity index is 535. The monoisotopic (exact) mass is 270 g/mol. The minimum atomic E-state index is 0.577. The van der Waals surface area contributed by atoms with Crippen molar-refractivity contribution < 1.29 is 4.74 Å². The van der Waals surface area contributed by atoms with Gasteiger partial charge in [-0.25, -0.2) is 0 Å². The standard InChI is InChI=1S/C17H22N2O/c1-19(2)10-11-20-17-5-3-4-16(12-17)15-8-6-14(13-18)7-9-15/h3-9,12H,10-11,13,18H2,1-2H3. The van der Waals surface area contributed by atoms with Crippen molar-refractivity contribution in [3.63, 3.8) is 0 Å². The number of ether oxygens (including phenoxy) is 1. The maximum absolute atomic E-state index is 5.76. The lowest BCUT2D eigenvalue weighted by molar-refractivity contribution is 0.261. The zero-order chi connectivity index (χ0) is 14.4. The summed E-state index contributed by atoms with van der Waals surface area (Å²) in [6.45, 7) is 2.19. The molecule has 0 aliphatic rings. The van der Waals surface area contributed by atoms with Crippen molar-refractivity contribution in [2.75, 3.05) is 27.2 Å². The fraction of sp³-hybridized carbons (Fsp3) is 0.294. The number of rotatable bonds is 6. The van der Waals surface area contributed by atoms with E-state index in [9.17, 15) is 0 Å². The molecule has 0 aromatic heterocycles. The largest absolute Gasteiger partial charge is 0.492 e. The lowest BCUT2D eigenvalue weighted by Gasteiger charge is -2.12. The Morgan fingerprint density at radius 1 is 1.00 bits per heavy atom. The number of hydrogen-bond donors (Lipinski definition) is 1. The lowest BCUT2D eigenvalue weighted by atomic mass is 10.0. The van der Waals surface area contributed by atoms with E-state index in [1.807, 2.05) is 26.2 Å². The van der Waals surface area contributed by atoms with Crippen molar-refractivity contribution in [2.45, 2.75) is 6.54 Å². The molecule has 2 rings (SSSR count). The first-order chi connectivity index (χ1) is 9.69. The van der Waals surface area contributed by atoms with Crippen molar-refractivity contribution in [3.8, 4) is 16.9 Å². The highest BCUT2D eigenvalue weighted by molar-refractivity contribution is 5.65. The Morgan fingerprint density at radius 2 is 1.75 bits per heavy atom. The van der Waals surface area contributed by atoms with Gasteiger partial charge in [0.25, 0.3) is 0 Å². The maximum Gasteiger partial charge on any atom is 0.119 e. The summed E-state index contributed by atoms with van der Waals surface area (Å²) >= 11 is 0. The maximum atomic E-state index is 5.76. The van der Waals surface area contributed by atoms with Gasteiger partial charge in [0.05, 0.1) is 0 Å². The van der Waals surface area contributed by atoms with Crippen LogP contribution in [0.2, 0.25) is 0 Å². The third-order valence-corrected chi connectivity index (χ3v) is 3.16. The third-order valence-electron chi connectivity index (χ3n) is 3.16. The summed E-state index contributed by atoms with van der Waals surface area (Å²) in [6.07, 6.45) is 0. The van der Waals surface area contributed by atoms with Crippen molar-refractivity contribution in [1.82, 2.24) is 4.90 Å². The third kappa shape index (κ3) is 4.08. The van der Waals surface area contributed by atoms with Crippen molar-refractivity contribution in [2.24, 2.45) is 5.73 Å². The summed E-state index contributed by atoms with van der Waals surface area (Å²) in [5, 5.41) is 0. The number of likely N-dealkylation sites (N-methyl/N-ethyl adjacent to an activating group) is 1. The van der Waals surface area contributed by atoms with Crippen LogP contribution in [0.3, 0.4) is 0 Å². The molecule has 0 aliphatic heterocycles. The molecule has 2 aromatic carbocycles. The van der Waals surface area contributed by atoms with Crippen molar-refractivity contribution >= 4 is 0 Å². The molecule has 2 aromatic rings. The molecule has 0 bridgehead atoms. The van der Waals surface area contributed by atoms with Crippen LogP contribution in [-0.4, -0.2) is 32.1 Å². The highest BCUT2D eigenvalue weighted by atomic mass is 16.5. The second kappa shape index (κ2) is 7.08. The Labute approximate surface area is 121 Å². The van der Waals surface area contributed by atoms with Gasteiger partial charge in [-0.3, -0.25) is 0 Å². The van der Waals surface area contributed by atoms with E-state index in [4.69, 9.17) is 10.5 Å². The van der Waals surface area contributed by atoms with Crippen LogP contribution >= 0.6 is 0 Å². The SMILES string of the molecule is CN(C)CCOc1cccc(-c2ccc(CN)cc2)c1. The van der Waals surface area contributed by atoms with E-state index in [0.29, 0.717) is 13.2 Å². The number of benzene rings is 2. The molecule has 0 unspecified atom stereocenters. The fourth-order valence-corrected chi connectivity index (χ4v) is 1.94. The first kappa shape index (κ1) is 14.6. The fourth-order valence-electron chi connectivity index (χ4n) is 1.94. The Balaban J connectivity index is 2.08. The summed E-state index contributed by atoms with van der Waals surface area (Å²) in [6, 6.07) is 16.5. The van der Waals surface area contributed by atoms with Gasteiger partial charge in [0.15, 0.2) is 0 Å². The quantitative estimate of drug-likeness (QED) is 0.877. The smallest absolute Gasteiger partial charge is 0.119 e. The van der Waals surface area contributed by atoms with E-state index in [-0.39, 0.29) is 0 Å². The molecule has 0 spiro atoms. The van der Waals surface area contributed by atoms with E-state index in [2.05, 4.69) is 41.3 Å². The minimum Gasteiger partial charge on any atom is -0.492 e. The van der Waals surface area contributed by atoms with Crippen LogP contribution < -0.4 is 10.5 Å². The normalized spacial score (nSPS) is 10.8. The van der Waals surface area contributed by atoms with Gasteiger partial charge in [0.2, 0.25) is 0 Å². The Morgan fingerprint density at radius 3 is 2.40 bits per heavy atom. The summed E-state index contributed by atoms with van der Waals surface area (Å²) in [7, 11) is 4.08. The van der Waals surface area contributed by atoms with Crippen LogP contribution in [-0.2, 0) is 6.54 Å². The first-order valence-corrected chi connectivity index (χ1v) is 6.86. The molecule has 3 nitrogen and oxygen atoms in total. The summed E-state index contributed by atoms with van der Waals surface area (Å²) in [4.78, 5) is 2.11. The predicted molar refractivity (Wildman–Crippen MR) is 83.8 cm³/mol. The average molecular weight is 270 g/mol.